The molecule has 0 bridgehead atoms. The maximum atomic E-state index is 12.4. The molecule has 6 heteroatoms. The maximum Gasteiger partial charge on any atom is 0.211 e. The third-order valence-corrected chi connectivity index (χ3v) is 6.25. The molecule has 1 aliphatic heterocycles. The molecule has 0 aliphatic carbocycles. The first-order valence-electron chi connectivity index (χ1n) is 8.92. The molecule has 2 aromatic rings. The van der Waals surface area contributed by atoms with Crippen LogP contribution < -0.4 is 4.72 Å². The molecule has 1 N–H and O–H groups in total. The van der Waals surface area contributed by atoms with Crippen LogP contribution in [0.4, 0.5) is 0 Å². The smallest absolute Gasteiger partial charge is 0.211 e. The molecule has 1 fully saturated rings. The fraction of sp³-hybridized carbons (Fsp3) is 0.474. The van der Waals surface area contributed by atoms with Crippen LogP contribution in [0, 0.1) is 0 Å². The summed E-state index contributed by atoms with van der Waals surface area (Å²) in [5.41, 5.74) is 2.21. The largest absolute Gasteiger partial charge is 0.353 e. The van der Waals surface area contributed by atoms with Crippen molar-refractivity contribution in [2.24, 2.45) is 7.05 Å². The van der Waals surface area contributed by atoms with Gasteiger partial charge in [0, 0.05) is 25.5 Å². The van der Waals surface area contributed by atoms with Gasteiger partial charge in [-0.05, 0) is 50.0 Å². The molecular formula is C19H27N3O2S. The van der Waals surface area contributed by atoms with Crippen LogP contribution in [0.15, 0.2) is 48.7 Å². The van der Waals surface area contributed by atoms with Gasteiger partial charge in [-0.1, -0.05) is 30.3 Å². The number of rotatable bonds is 8. The zero-order chi connectivity index (χ0) is 17.7. The van der Waals surface area contributed by atoms with Crippen molar-refractivity contribution in [1.82, 2.24) is 14.2 Å². The summed E-state index contributed by atoms with van der Waals surface area (Å²) < 4.78 is 29.8. The van der Waals surface area contributed by atoms with E-state index in [-0.39, 0.29) is 11.8 Å². The van der Waals surface area contributed by atoms with Crippen molar-refractivity contribution in [2.75, 3.05) is 25.4 Å². The first kappa shape index (κ1) is 18.2. The Morgan fingerprint density at radius 3 is 2.44 bits per heavy atom. The van der Waals surface area contributed by atoms with Gasteiger partial charge in [0.2, 0.25) is 10.0 Å². The van der Waals surface area contributed by atoms with Crippen molar-refractivity contribution in [3.63, 3.8) is 0 Å². The summed E-state index contributed by atoms with van der Waals surface area (Å²) in [5.74, 6) is 0.122. The van der Waals surface area contributed by atoms with E-state index in [0.29, 0.717) is 13.0 Å². The molecule has 1 unspecified atom stereocenters. The van der Waals surface area contributed by atoms with Crippen molar-refractivity contribution in [1.29, 1.82) is 0 Å². The Morgan fingerprint density at radius 1 is 1.08 bits per heavy atom. The highest BCUT2D eigenvalue weighted by Crippen LogP contribution is 2.24. The van der Waals surface area contributed by atoms with Crippen LogP contribution >= 0.6 is 0 Å². The third kappa shape index (κ3) is 4.93. The number of aromatic nitrogens is 1. The molecule has 0 radical (unpaired) electrons. The van der Waals surface area contributed by atoms with Gasteiger partial charge in [-0.3, -0.25) is 4.90 Å². The van der Waals surface area contributed by atoms with Crippen LogP contribution in [0.3, 0.4) is 0 Å². The van der Waals surface area contributed by atoms with E-state index in [2.05, 4.69) is 20.3 Å². The normalized spacial score (nSPS) is 17.0. The van der Waals surface area contributed by atoms with E-state index in [0.717, 1.165) is 24.3 Å². The second kappa shape index (κ2) is 8.17. The monoisotopic (exact) mass is 361 g/mol. The van der Waals surface area contributed by atoms with Gasteiger partial charge in [-0.15, -0.1) is 0 Å². The molecular weight excluding hydrogens is 334 g/mol. The molecule has 1 aromatic heterocycles. The average Bonchev–Trinajstić information content (AvgIpc) is 3.27. The van der Waals surface area contributed by atoms with Gasteiger partial charge >= 0.3 is 0 Å². The lowest BCUT2D eigenvalue weighted by Crippen LogP contribution is -2.38. The Balaban J connectivity index is 1.62. The number of nitrogens with one attached hydrogen (secondary N) is 1. The van der Waals surface area contributed by atoms with Crippen LogP contribution in [0.2, 0.25) is 0 Å². The summed E-state index contributed by atoms with van der Waals surface area (Å²) in [6.45, 7) is 2.48. The van der Waals surface area contributed by atoms with Crippen LogP contribution in [0.25, 0.3) is 0 Å². The zero-order valence-corrected chi connectivity index (χ0v) is 15.6. The van der Waals surface area contributed by atoms with Crippen LogP contribution in [-0.2, 0) is 23.5 Å². The SMILES string of the molecule is Cn1cccc1C(CNS(=O)(=O)CCc1ccccc1)N1CCCC1. The number of sulfonamides is 1. The summed E-state index contributed by atoms with van der Waals surface area (Å²) in [7, 11) is -1.28. The Morgan fingerprint density at radius 2 is 1.80 bits per heavy atom. The number of hydrogen-bond donors (Lipinski definition) is 1. The molecule has 0 spiro atoms. The maximum absolute atomic E-state index is 12.4. The standard InChI is InChI=1S/C19H27N3O2S/c1-21-12-7-10-18(21)19(22-13-5-6-14-22)16-20-25(23,24)15-11-17-8-3-2-4-9-17/h2-4,7-10,12,19-20H,5-6,11,13-16H2,1H3. The Labute approximate surface area is 150 Å². The lowest BCUT2D eigenvalue weighted by molar-refractivity contribution is 0.238. The summed E-state index contributed by atoms with van der Waals surface area (Å²) in [4.78, 5) is 2.38. The fourth-order valence-electron chi connectivity index (χ4n) is 3.47. The fourth-order valence-corrected chi connectivity index (χ4v) is 4.53. The van der Waals surface area contributed by atoms with Gasteiger partial charge in [0.25, 0.3) is 0 Å². The van der Waals surface area contributed by atoms with E-state index in [9.17, 15) is 8.42 Å². The number of likely N-dealkylation sites (tertiary alicyclic amines) is 1. The number of nitrogens with zero attached hydrogens (tertiary/aromatic N) is 2. The predicted octanol–water partition coefficient (Wildman–Crippen LogP) is 2.32. The number of aryl methyl sites for hydroxylation is 2. The lowest BCUT2D eigenvalue weighted by atomic mass is 10.2. The van der Waals surface area contributed by atoms with E-state index in [4.69, 9.17) is 0 Å². The van der Waals surface area contributed by atoms with Gasteiger partial charge in [0.15, 0.2) is 0 Å². The van der Waals surface area contributed by atoms with E-state index in [1.807, 2.05) is 49.6 Å². The predicted molar refractivity (Wildman–Crippen MR) is 101 cm³/mol. The molecule has 1 saturated heterocycles. The Hall–Kier alpha value is -1.63. The molecule has 0 saturated carbocycles. The van der Waals surface area contributed by atoms with Crippen LogP contribution in [0.1, 0.15) is 30.1 Å². The van der Waals surface area contributed by atoms with Crippen molar-refractivity contribution in [3.8, 4) is 0 Å². The highest BCUT2D eigenvalue weighted by atomic mass is 32.2. The van der Waals surface area contributed by atoms with Gasteiger partial charge < -0.3 is 4.57 Å². The second-order valence-electron chi connectivity index (χ2n) is 6.71. The minimum absolute atomic E-state index is 0.0917. The molecule has 3 rings (SSSR count). The summed E-state index contributed by atoms with van der Waals surface area (Å²) >= 11 is 0. The molecule has 1 aliphatic rings. The van der Waals surface area contributed by atoms with Crippen LogP contribution in [0.5, 0.6) is 0 Å². The summed E-state index contributed by atoms with van der Waals surface area (Å²) in [5, 5.41) is 0. The highest BCUT2D eigenvalue weighted by Gasteiger charge is 2.26. The zero-order valence-electron chi connectivity index (χ0n) is 14.8. The summed E-state index contributed by atoms with van der Waals surface area (Å²) in [6.07, 6.45) is 4.92. The van der Waals surface area contributed by atoms with E-state index in [1.165, 1.54) is 12.8 Å². The Kier molecular flexibility index (Phi) is 5.93. The molecule has 5 nitrogen and oxygen atoms in total. The van der Waals surface area contributed by atoms with Gasteiger partial charge in [-0.25, -0.2) is 13.1 Å². The first-order chi connectivity index (χ1) is 12.1. The minimum atomic E-state index is -3.29. The average molecular weight is 362 g/mol. The number of benzene rings is 1. The van der Waals surface area contributed by atoms with E-state index < -0.39 is 10.0 Å². The van der Waals surface area contributed by atoms with Crippen LogP contribution in [-0.4, -0.2) is 43.3 Å². The Bertz CT molecular complexity index is 765. The minimum Gasteiger partial charge on any atom is -0.353 e. The van der Waals surface area contributed by atoms with Gasteiger partial charge in [-0.2, -0.15) is 0 Å². The molecule has 25 heavy (non-hydrogen) atoms. The molecule has 136 valence electrons. The lowest BCUT2D eigenvalue weighted by Gasteiger charge is -2.28. The van der Waals surface area contributed by atoms with Crippen molar-refractivity contribution in [3.05, 3.63) is 59.9 Å². The van der Waals surface area contributed by atoms with Gasteiger partial charge in [0.05, 0.1) is 11.8 Å². The van der Waals surface area contributed by atoms with Gasteiger partial charge in [0.1, 0.15) is 0 Å². The third-order valence-electron chi connectivity index (χ3n) is 4.91. The molecule has 0 amide bonds. The van der Waals surface area contributed by atoms with Crippen molar-refractivity contribution < 1.29 is 8.42 Å². The van der Waals surface area contributed by atoms with Crippen molar-refractivity contribution >= 4 is 10.0 Å². The molecule has 1 aromatic carbocycles. The van der Waals surface area contributed by atoms with E-state index >= 15 is 0 Å². The van der Waals surface area contributed by atoms with Crippen molar-refractivity contribution in [2.45, 2.75) is 25.3 Å². The quantitative estimate of drug-likeness (QED) is 0.785. The number of hydrogen-bond acceptors (Lipinski definition) is 3. The topological polar surface area (TPSA) is 54.3 Å². The highest BCUT2D eigenvalue weighted by molar-refractivity contribution is 7.89. The first-order valence-corrected chi connectivity index (χ1v) is 10.6. The second-order valence-corrected chi connectivity index (χ2v) is 8.63. The molecule has 1 atom stereocenters. The van der Waals surface area contributed by atoms with E-state index in [1.54, 1.807) is 0 Å². The summed E-state index contributed by atoms with van der Waals surface area (Å²) in [6, 6.07) is 13.9. The molecule has 2 heterocycles.